The van der Waals surface area contributed by atoms with E-state index in [2.05, 4.69) is 0 Å². The molecule has 1 fully saturated rings. The predicted octanol–water partition coefficient (Wildman–Crippen LogP) is 2.60. The van der Waals surface area contributed by atoms with E-state index in [1.807, 2.05) is 0 Å². The molecule has 0 aliphatic heterocycles. The molecule has 0 amide bonds. The number of aliphatic hydroxyl groups is 1. The highest BCUT2D eigenvalue weighted by molar-refractivity contribution is 7.91. The van der Waals surface area contributed by atoms with Crippen molar-refractivity contribution in [2.75, 3.05) is 6.26 Å². The first-order valence-electron chi connectivity index (χ1n) is 6.60. The van der Waals surface area contributed by atoms with Gasteiger partial charge in [0.2, 0.25) is 0 Å². The molecule has 112 valence electrons. The number of hydrogen-bond acceptors (Lipinski definition) is 3. The molecule has 1 aromatic carbocycles. The van der Waals surface area contributed by atoms with Crippen LogP contribution in [0.2, 0.25) is 0 Å². The SMILES string of the molecule is CS(=O)(=O)C1CCCC(C(O)c2cc(F)cc(F)c2)C1. The largest absolute Gasteiger partial charge is 0.388 e. The normalized spacial score (nSPS) is 25.4. The van der Waals surface area contributed by atoms with Gasteiger partial charge in [0.25, 0.3) is 0 Å². The minimum atomic E-state index is -3.15. The van der Waals surface area contributed by atoms with Crippen molar-refractivity contribution < 1.29 is 22.3 Å². The average Bonchev–Trinajstić information content (AvgIpc) is 2.36. The van der Waals surface area contributed by atoms with E-state index in [1.165, 1.54) is 6.26 Å². The molecule has 1 aliphatic rings. The monoisotopic (exact) mass is 304 g/mol. The second kappa shape index (κ2) is 5.77. The summed E-state index contributed by atoms with van der Waals surface area (Å²) in [7, 11) is -3.15. The van der Waals surface area contributed by atoms with E-state index >= 15 is 0 Å². The molecule has 1 aliphatic carbocycles. The van der Waals surface area contributed by atoms with Gasteiger partial charge >= 0.3 is 0 Å². The molecule has 1 aromatic rings. The molecule has 0 spiro atoms. The van der Waals surface area contributed by atoms with E-state index in [9.17, 15) is 22.3 Å². The van der Waals surface area contributed by atoms with Gasteiger partial charge in [-0.25, -0.2) is 17.2 Å². The molecule has 1 N–H and O–H groups in total. The third kappa shape index (κ3) is 3.55. The molecule has 1 saturated carbocycles. The number of rotatable bonds is 3. The van der Waals surface area contributed by atoms with Crippen LogP contribution in [0.15, 0.2) is 18.2 Å². The summed E-state index contributed by atoms with van der Waals surface area (Å²) in [5, 5.41) is 9.77. The quantitative estimate of drug-likeness (QED) is 0.934. The van der Waals surface area contributed by atoms with Gasteiger partial charge in [0.1, 0.15) is 21.5 Å². The first-order valence-corrected chi connectivity index (χ1v) is 8.56. The first kappa shape index (κ1) is 15.4. The Labute approximate surface area is 117 Å². The second-order valence-corrected chi connectivity index (χ2v) is 7.85. The van der Waals surface area contributed by atoms with E-state index < -0.39 is 32.8 Å². The second-order valence-electron chi connectivity index (χ2n) is 5.53. The molecule has 3 nitrogen and oxygen atoms in total. The third-order valence-corrected chi connectivity index (χ3v) is 5.58. The Bertz CT molecular complexity index is 566. The Balaban J connectivity index is 2.18. The molecule has 0 saturated heterocycles. The zero-order valence-electron chi connectivity index (χ0n) is 11.2. The molecule has 3 unspecified atom stereocenters. The Hall–Kier alpha value is -1.01. The van der Waals surface area contributed by atoms with Crippen LogP contribution in [-0.2, 0) is 9.84 Å². The maximum atomic E-state index is 13.2. The number of sulfone groups is 1. The summed E-state index contributed by atoms with van der Waals surface area (Å²) >= 11 is 0. The molecule has 0 bridgehead atoms. The van der Waals surface area contributed by atoms with Crippen LogP contribution >= 0.6 is 0 Å². The smallest absolute Gasteiger partial charge is 0.150 e. The lowest BCUT2D eigenvalue weighted by Crippen LogP contribution is -2.30. The Morgan fingerprint density at radius 2 is 1.80 bits per heavy atom. The van der Waals surface area contributed by atoms with Crippen LogP contribution in [0.1, 0.15) is 37.4 Å². The number of benzene rings is 1. The molecule has 20 heavy (non-hydrogen) atoms. The highest BCUT2D eigenvalue weighted by Crippen LogP contribution is 2.37. The van der Waals surface area contributed by atoms with Crippen LogP contribution in [0, 0.1) is 17.6 Å². The molecule has 0 heterocycles. The van der Waals surface area contributed by atoms with Crippen molar-refractivity contribution in [3.05, 3.63) is 35.4 Å². The number of halogens is 2. The Morgan fingerprint density at radius 3 is 2.35 bits per heavy atom. The Kier molecular flexibility index (Phi) is 4.44. The van der Waals surface area contributed by atoms with Crippen LogP contribution in [0.3, 0.4) is 0 Å². The van der Waals surface area contributed by atoms with Crippen molar-refractivity contribution in [2.24, 2.45) is 5.92 Å². The fourth-order valence-electron chi connectivity index (χ4n) is 2.87. The summed E-state index contributed by atoms with van der Waals surface area (Å²) in [6, 6.07) is 2.94. The van der Waals surface area contributed by atoms with E-state index in [1.54, 1.807) is 0 Å². The van der Waals surface area contributed by atoms with Crippen molar-refractivity contribution in [3.8, 4) is 0 Å². The highest BCUT2D eigenvalue weighted by Gasteiger charge is 2.33. The molecule has 6 heteroatoms. The van der Waals surface area contributed by atoms with Gasteiger partial charge in [0.05, 0.1) is 11.4 Å². The van der Waals surface area contributed by atoms with Gasteiger partial charge in [-0.05, 0) is 42.9 Å². The van der Waals surface area contributed by atoms with E-state index in [0.29, 0.717) is 25.7 Å². The molecule has 0 aromatic heterocycles. The summed E-state index contributed by atoms with van der Waals surface area (Å²) in [4.78, 5) is 0. The topological polar surface area (TPSA) is 54.4 Å². The van der Waals surface area contributed by atoms with Gasteiger partial charge in [-0.15, -0.1) is 0 Å². The van der Waals surface area contributed by atoms with E-state index in [-0.39, 0.29) is 11.5 Å². The van der Waals surface area contributed by atoms with Crippen molar-refractivity contribution in [1.82, 2.24) is 0 Å². The minimum Gasteiger partial charge on any atom is -0.388 e. The third-order valence-electron chi connectivity index (χ3n) is 3.95. The maximum Gasteiger partial charge on any atom is 0.150 e. The fourth-order valence-corrected chi connectivity index (χ4v) is 4.07. The summed E-state index contributed by atoms with van der Waals surface area (Å²) in [5.74, 6) is -1.77. The lowest BCUT2D eigenvalue weighted by atomic mass is 9.82. The van der Waals surface area contributed by atoms with Crippen LogP contribution in [0.4, 0.5) is 8.78 Å². The van der Waals surface area contributed by atoms with Crippen LogP contribution in [0.5, 0.6) is 0 Å². The lowest BCUT2D eigenvalue weighted by molar-refractivity contribution is 0.0851. The highest BCUT2D eigenvalue weighted by atomic mass is 32.2. The first-order chi connectivity index (χ1) is 9.27. The Morgan fingerprint density at radius 1 is 1.20 bits per heavy atom. The molecular formula is C14H18F2O3S. The van der Waals surface area contributed by atoms with Gasteiger partial charge in [0, 0.05) is 12.3 Å². The molecule has 2 rings (SSSR count). The number of hydrogen-bond donors (Lipinski definition) is 1. The summed E-state index contributed by atoms with van der Waals surface area (Å²) in [5.41, 5.74) is 0.168. The average molecular weight is 304 g/mol. The van der Waals surface area contributed by atoms with Gasteiger partial charge < -0.3 is 5.11 Å². The van der Waals surface area contributed by atoms with Gasteiger partial charge in [-0.3, -0.25) is 0 Å². The zero-order chi connectivity index (χ0) is 14.9. The lowest BCUT2D eigenvalue weighted by Gasteiger charge is -2.31. The summed E-state index contributed by atoms with van der Waals surface area (Å²) < 4.78 is 49.5. The van der Waals surface area contributed by atoms with E-state index in [0.717, 1.165) is 18.2 Å². The predicted molar refractivity (Wildman–Crippen MR) is 71.9 cm³/mol. The van der Waals surface area contributed by atoms with Crippen LogP contribution in [0.25, 0.3) is 0 Å². The minimum absolute atomic E-state index is 0.168. The van der Waals surface area contributed by atoms with Crippen molar-refractivity contribution in [3.63, 3.8) is 0 Å². The van der Waals surface area contributed by atoms with Gasteiger partial charge in [-0.2, -0.15) is 0 Å². The van der Waals surface area contributed by atoms with Gasteiger partial charge in [0.15, 0.2) is 0 Å². The van der Waals surface area contributed by atoms with Gasteiger partial charge in [-0.1, -0.05) is 6.42 Å². The van der Waals surface area contributed by atoms with E-state index in [4.69, 9.17) is 0 Å². The number of aliphatic hydroxyl groups excluding tert-OH is 1. The summed E-state index contributed by atoms with van der Waals surface area (Å²) in [6.07, 6.45) is 2.42. The van der Waals surface area contributed by atoms with Crippen LogP contribution < -0.4 is 0 Å². The summed E-state index contributed by atoms with van der Waals surface area (Å²) in [6.45, 7) is 0. The maximum absolute atomic E-state index is 13.2. The zero-order valence-corrected chi connectivity index (χ0v) is 12.0. The fraction of sp³-hybridized carbons (Fsp3) is 0.571. The van der Waals surface area contributed by atoms with Crippen molar-refractivity contribution in [1.29, 1.82) is 0 Å². The standard InChI is InChI=1S/C14H18F2O3S/c1-20(18,19)13-4-2-3-9(7-13)14(17)10-5-11(15)8-12(16)6-10/h5-6,8-9,13-14,17H,2-4,7H2,1H3. The molecule has 3 atom stereocenters. The van der Waals surface area contributed by atoms with Crippen LogP contribution in [-0.4, -0.2) is 25.0 Å². The molecule has 0 radical (unpaired) electrons. The van der Waals surface area contributed by atoms with Crippen molar-refractivity contribution >= 4 is 9.84 Å². The molecular weight excluding hydrogens is 286 g/mol. The van der Waals surface area contributed by atoms with Crippen molar-refractivity contribution in [2.45, 2.75) is 37.0 Å².